The van der Waals surface area contributed by atoms with Crippen LogP contribution in [-0.2, 0) is 16.0 Å². The highest BCUT2D eigenvalue weighted by molar-refractivity contribution is 5.93. The number of anilines is 1. The lowest BCUT2D eigenvalue weighted by atomic mass is 9.96. The lowest BCUT2D eigenvalue weighted by molar-refractivity contribution is -0.134. The largest absolute Gasteiger partial charge is 0.342 e. The van der Waals surface area contributed by atoms with Crippen molar-refractivity contribution in [3.8, 4) is 11.4 Å². The molecule has 170 valence electrons. The van der Waals surface area contributed by atoms with E-state index in [2.05, 4.69) is 20.3 Å². The number of aromatic amines is 1. The lowest BCUT2D eigenvalue weighted by Gasteiger charge is -2.32. The van der Waals surface area contributed by atoms with Gasteiger partial charge in [0.2, 0.25) is 11.8 Å². The second-order valence-corrected chi connectivity index (χ2v) is 8.25. The number of nitrogens with zero attached hydrogens (tertiary/aromatic N) is 3. The maximum Gasteiger partial charge on any atom is 0.254 e. The van der Waals surface area contributed by atoms with Crippen LogP contribution >= 0.6 is 0 Å². The number of pyridine rings is 1. The molecule has 8 heteroatoms. The van der Waals surface area contributed by atoms with E-state index in [-0.39, 0.29) is 29.7 Å². The van der Waals surface area contributed by atoms with Crippen LogP contribution in [-0.4, -0.2) is 44.8 Å². The van der Waals surface area contributed by atoms with E-state index in [9.17, 15) is 14.4 Å². The Kier molecular flexibility index (Phi) is 6.92. The first-order chi connectivity index (χ1) is 16.0. The molecule has 0 bridgehead atoms. The molecule has 33 heavy (non-hydrogen) atoms. The van der Waals surface area contributed by atoms with E-state index >= 15 is 0 Å². The Labute approximate surface area is 192 Å². The van der Waals surface area contributed by atoms with Crippen molar-refractivity contribution in [3.05, 3.63) is 76.5 Å². The first kappa shape index (κ1) is 22.4. The van der Waals surface area contributed by atoms with Gasteiger partial charge in [-0.1, -0.05) is 18.2 Å². The molecule has 1 aromatic carbocycles. The molecule has 3 heterocycles. The fourth-order valence-corrected chi connectivity index (χ4v) is 4.12. The second kappa shape index (κ2) is 10.2. The van der Waals surface area contributed by atoms with Crippen molar-refractivity contribution in [1.29, 1.82) is 0 Å². The van der Waals surface area contributed by atoms with Crippen LogP contribution in [0.3, 0.4) is 0 Å². The summed E-state index contributed by atoms with van der Waals surface area (Å²) in [5, 5.41) is 2.93. The van der Waals surface area contributed by atoms with Gasteiger partial charge >= 0.3 is 0 Å². The third kappa shape index (κ3) is 5.52. The fourth-order valence-electron chi connectivity index (χ4n) is 4.12. The van der Waals surface area contributed by atoms with Gasteiger partial charge in [-0.2, -0.15) is 0 Å². The minimum Gasteiger partial charge on any atom is -0.342 e. The smallest absolute Gasteiger partial charge is 0.254 e. The molecule has 2 N–H and O–H groups in total. The van der Waals surface area contributed by atoms with Crippen molar-refractivity contribution < 1.29 is 9.59 Å². The summed E-state index contributed by atoms with van der Waals surface area (Å²) in [6, 6.07) is 12.9. The number of aromatic nitrogens is 3. The van der Waals surface area contributed by atoms with Crippen LogP contribution in [0.2, 0.25) is 0 Å². The molecule has 3 aromatic rings. The summed E-state index contributed by atoms with van der Waals surface area (Å²) in [5.74, 6) is 0.124. The van der Waals surface area contributed by atoms with E-state index in [0.717, 1.165) is 24.1 Å². The van der Waals surface area contributed by atoms with Gasteiger partial charge in [0, 0.05) is 54.4 Å². The van der Waals surface area contributed by atoms with E-state index in [1.807, 2.05) is 30.3 Å². The Bertz CT molecular complexity index is 1180. The van der Waals surface area contributed by atoms with Gasteiger partial charge in [0.25, 0.3) is 5.56 Å². The number of carbonyl (C=O) groups is 2. The molecule has 4 rings (SSSR count). The standard InChI is InChI=1S/C25H27N5O3/c1-17-21(25(33)29-23(27-17)18-11-13-26-14-12-18)9-10-22(31)30-15-5-6-19(16-30)24(32)28-20-7-3-2-4-8-20/h2-4,7-8,11-14,19H,5-6,9-10,15-16H2,1H3,(H,28,32)(H,27,29,33). The van der Waals surface area contributed by atoms with Crippen LogP contribution in [0, 0.1) is 12.8 Å². The van der Waals surface area contributed by atoms with Crippen LogP contribution in [0.4, 0.5) is 5.69 Å². The molecule has 0 saturated carbocycles. The molecule has 1 aliphatic heterocycles. The number of H-pyrrole nitrogens is 1. The van der Waals surface area contributed by atoms with Crippen molar-refractivity contribution in [2.45, 2.75) is 32.6 Å². The van der Waals surface area contributed by atoms with Gasteiger partial charge in [0.05, 0.1) is 5.92 Å². The van der Waals surface area contributed by atoms with Gasteiger partial charge in [0.15, 0.2) is 0 Å². The predicted octanol–water partition coefficient (Wildman–Crippen LogP) is 2.95. The third-order valence-electron chi connectivity index (χ3n) is 5.95. The van der Waals surface area contributed by atoms with E-state index in [4.69, 9.17) is 0 Å². The summed E-state index contributed by atoms with van der Waals surface area (Å²) in [4.78, 5) is 51.2. The highest BCUT2D eigenvalue weighted by atomic mass is 16.2. The normalized spacial score (nSPS) is 15.8. The zero-order chi connectivity index (χ0) is 23.2. The summed E-state index contributed by atoms with van der Waals surface area (Å²) in [7, 11) is 0. The summed E-state index contributed by atoms with van der Waals surface area (Å²) < 4.78 is 0. The molecule has 1 unspecified atom stereocenters. The summed E-state index contributed by atoms with van der Waals surface area (Å²) in [6.45, 7) is 2.80. The quantitative estimate of drug-likeness (QED) is 0.607. The van der Waals surface area contributed by atoms with Crippen molar-refractivity contribution in [2.24, 2.45) is 5.92 Å². The SMILES string of the molecule is Cc1nc(-c2ccncc2)[nH]c(=O)c1CCC(=O)N1CCCC(C(=O)Nc2ccccc2)C1. The number of hydrogen-bond acceptors (Lipinski definition) is 5. The number of likely N-dealkylation sites (tertiary alicyclic amines) is 1. The van der Waals surface area contributed by atoms with Gasteiger partial charge in [-0.15, -0.1) is 0 Å². The Morgan fingerprint density at radius 3 is 2.64 bits per heavy atom. The van der Waals surface area contributed by atoms with Gasteiger partial charge in [-0.3, -0.25) is 19.4 Å². The molecule has 2 amide bonds. The Morgan fingerprint density at radius 1 is 1.15 bits per heavy atom. The fraction of sp³-hybridized carbons (Fsp3) is 0.320. The number of benzene rings is 1. The monoisotopic (exact) mass is 445 g/mol. The number of amides is 2. The van der Waals surface area contributed by atoms with E-state index in [1.165, 1.54) is 0 Å². The Morgan fingerprint density at radius 2 is 1.91 bits per heavy atom. The van der Waals surface area contributed by atoms with Gasteiger partial charge in [-0.25, -0.2) is 4.98 Å². The number of para-hydroxylation sites is 1. The number of hydrogen-bond donors (Lipinski definition) is 2. The maximum absolute atomic E-state index is 12.9. The van der Waals surface area contributed by atoms with Crippen LogP contribution in [0.15, 0.2) is 59.7 Å². The lowest BCUT2D eigenvalue weighted by Crippen LogP contribution is -2.44. The van der Waals surface area contributed by atoms with Crippen molar-refractivity contribution in [3.63, 3.8) is 0 Å². The first-order valence-electron chi connectivity index (χ1n) is 11.1. The molecule has 0 radical (unpaired) electrons. The number of nitrogens with one attached hydrogen (secondary N) is 2. The molecule has 8 nitrogen and oxygen atoms in total. The number of aryl methyl sites for hydroxylation is 1. The van der Waals surface area contributed by atoms with Crippen molar-refractivity contribution in [1.82, 2.24) is 19.9 Å². The molecule has 1 atom stereocenters. The number of piperidine rings is 1. The zero-order valence-corrected chi connectivity index (χ0v) is 18.6. The molecule has 1 saturated heterocycles. The van der Waals surface area contributed by atoms with Crippen LogP contribution < -0.4 is 10.9 Å². The zero-order valence-electron chi connectivity index (χ0n) is 18.6. The average molecular weight is 446 g/mol. The van der Waals surface area contributed by atoms with Crippen LogP contribution in [0.1, 0.15) is 30.5 Å². The molecule has 1 aliphatic rings. The molecule has 0 spiro atoms. The van der Waals surface area contributed by atoms with E-state index in [0.29, 0.717) is 36.6 Å². The highest BCUT2D eigenvalue weighted by Crippen LogP contribution is 2.20. The minimum absolute atomic E-state index is 0.0516. The minimum atomic E-state index is -0.241. The molecular formula is C25H27N5O3. The molecule has 1 fully saturated rings. The topological polar surface area (TPSA) is 108 Å². The average Bonchev–Trinajstić information content (AvgIpc) is 2.84. The van der Waals surface area contributed by atoms with Gasteiger partial charge in [0.1, 0.15) is 5.82 Å². The predicted molar refractivity (Wildman–Crippen MR) is 126 cm³/mol. The Hall–Kier alpha value is -3.81. The number of carbonyl (C=O) groups excluding carboxylic acids is 2. The van der Waals surface area contributed by atoms with Crippen molar-refractivity contribution in [2.75, 3.05) is 18.4 Å². The molecule has 0 aliphatic carbocycles. The molecule has 2 aromatic heterocycles. The summed E-state index contributed by atoms with van der Waals surface area (Å²) >= 11 is 0. The van der Waals surface area contributed by atoms with Crippen molar-refractivity contribution >= 4 is 17.5 Å². The van der Waals surface area contributed by atoms with Crippen LogP contribution in [0.5, 0.6) is 0 Å². The maximum atomic E-state index is 12.9. The van der Waals surface area contributed by atoms with Gasteiger partial charge in [-0.05, 0) is 50.5 Å². The summed E-state index contributed by atoms with van der Waals surface area (Å²) in [5.41, 5.74) is 2.42. The first-order valence-corrected chi connectivity index (χ1v) is 11.1. The number of rotatable bonds is 6. The summed E-state index contributed by atoms with van der Waals surface area (Å²) in [6.07, 6.45) is 5.32. The Balaban J connectivity index is 1.36. The van der Waals surface area contributed by atoms with E-state index in [1.54, 1.807) is 36.4 Å². The second-order valence-electron chi connectivity index (χ2n) is 8.25. The van der Waals surface area contributed by atoms with E-state index < -0.39 is 0 Å². The highest BCUT2D eigenvalue weighted by Gasteiger charge is 2.28. The van der Waals surface area contributed by atoms with Crippen LogP contribution in [0.25, 0.3) is 11.4 Å². The van der Waals surface area contributed by atoms with Gasteiger partial charge < -0.3 is 15.2 Å². The third-order valence-corrected chi connectivity index (χ3v) is 5.95. The molecular weight excluding hydrogens is 418 g/mol.